The molecule has 1 aliphatic heterocycles. The minimum atomic E-state index is -0.0400. The smallest absolute Gasteiger partial charge is 0.251 e. The second-order valence-corrected chi connectivity index (χ2v) is 9.41. The number of halogens is 1. The van der Waals surface area contributed by atoms with Gasteiger partial charge < -0.3 is 5.32 Å². The Morgan fingerprint density at radius 1 is 0.903 bits per heavy atom. The maximum absolute atomic E-state index is 12.6. The molecule has 5 heteroatoms. The second-order valence-electron chi connectivity index (χ2n) is 7.93. The van der Waals surface area contributed by atoms with E-state index < -0.39 is 0 Å². The Morgan fingerprint density at radius 3 is 2.35 bits per heavy atom. The van der Waals surface area contributed by atoms with Gasteiger partial charge in [-0.25, -0.2) is 0 Å². The van der Waals surface area contributed by atoms with Gasteiger partial charge in [0.25, 0.3) is 5.91 Å². The number of thioether (sulfide) groups is 1. The minimum absolute atomic E-state index is 0.0400. The average molecular weight is 451 g/mol. The Labute approximate surface area is 193 Å². The molecule has 3 nitrogen and oxygen atoms in total. The standard InChI is InChI=1S/C26H27ClN2OS/c27-24-10-12-25(13-11-24)31-19-20-6-8-23(9-7-20)26(30)28-17-21-4-3-5-22(16-21)18-29-14-1-2-15-29/h3-13,16H,1-2,14-15,17-19H2,(H,28,30). The summed E-state index contributed by atoms with van der Waals surface area (Å²) in [5.74, 6) is 0.815. The molecule has 0 saturated carbocycles. The SMILES string of the molecule is O=C(NCc1cccc(CN2CCCC2)c1)c1ccc(CSc2ccc(Cl)cc2)cc1. The summed E-state index contributed by atoms with van der Waals surface area (Å²) in [7, 11) is 0. The Bertz CT molecular complexity index is 999. The summed E-state index contributed by atoms with van der Waals surface area (Å²) in [6, 6.07) is 24.2. The van der Waals surface area contributed by atoms with E-state index in [2.05, 4.69) is 34.5 Å². The van der Waals surface area contributed by atoms with Gasteiger partial charge in [0.05, 0.1) is 0 Å². The van der Waals surface area contributed by atoms with Crippen molar-refractivity contribution in [3.05, 3.63) is 100 Å². The molecule has 1 aliphatic rings. The summed E-state index contributed by atoms with van der Waals surface area (Å²) >= 11 is 7.69. The van der Waals surface area contributed by atoms with E-state index in [4.69, 9.17) is 11.6 Å². The van der Waals surface area contributed by atoms with Crippen molar-refractivity contribution in [1.82, 2.24) is 10.2 Å². The van der Waals surface area contributed by atoms with Crippen LogP contribution in [0.2, 0.25) is 5.02 Å². The van der Waals surface area contributed by atoms with E-state index in [-0.39, 0.29) is 5.91 Å². The largest absolute Gasteiger partial charge is 0.348 e. The third-order valence-electron chi connectivity index (χ3n) is 5.48. The Balaban J connectivity index is 1.27. The topological polar surface area (TPSA) is 32.3 Å². The van der Waals surface area contributed by atoms with Crippen LogP contribution in [0.3, 0.4) is 0 Å². The number of likely N-dealkylation sites (tertiary alicyclic amines) is 1. The fourth-order valence-corrected chi connectivity index (χ4v) is 4.75. The van der Waals surface area contributed by atoms with Crippen LogP contribution in [0.5, 0.6) is 0 Å². The highest BCUT2D eigenvalue weighted by Gasteiger charge is 2.12. The zero-order chi connectivity index (χ0) is 21.5. The van der Waals surface area contributed by atoms with Crippen LogP contribution in [0.15, 0.2) is 77.7 Å². The lowest BCUT2D eigenvalue weighted by atomic mass is 10.1. The van der Waals surface area contributed by atoms with Crippen molar-refractivity contribution in [2.75, 3.05) is 13.1 Å². The van der Waals surface area contributed by atoms with Crippen LogP contribution in [-0.2, 0) is 18.8 Å². The van der Waals surface area contributed by atoms with E-state index in [1.807, 2.05) is 48.5 Å². The molecule has 1 fully saturated rings. The fourth-order valence-electron chi connectivity index (χ4n) is 3.77. The summed E-state index contributed by atoms with van der Waals surface area (Å²) in [4.78, 5) is 16.2. The molecule has 1 saturated heterocycles. The Morgan fingerprint density at radius 2 is 1.61 bits per heavy atom. The highest BCUT2D eigenvalue weighted by Crippen LogP contribution is 2.24. The first-order chi connectivity index (χ1) is 15.2. The van der Waals surface area contributed by atoms with Crippen LogP contribution in [0.25, 0.3) is 0 Å². The van der Waals surface area contributed by atoms with E-state index in [9.17, 15) is 4.79 Å². The van der Waals surface area contributed by atoms with Gasteiger partial charge in [0, 0.05) is 34.3 Å². The molecule has 0 spiro atoms. The minimum Gasteiger partial charge on any atom is -0.348 e. The third-order valence-corrected chi connectivity index (χ3v) is 6.82. The number of carbonyl (C=O) groups excluding carboxylic acids is 1. The summed E-state index contributed by atoms with van der Waals surface area (Å²) < 4.78 is 0. The lowest BCUT2D eigenvalue weighted by Crippen LogP contribution is -2.23. The molecule has 0 unspecified atom stereocenters. The van der Waals surface area contributed by atoms with Crippen LogP contribution < -0.4 is 5.32 Å². The van der Waals surface area contributed by atoms with Crippen molar-refractivity contribution in [1.29, 1.82) is 0 Å². The molecule has 0 radical (unpaired) electrons. The number of benzene rings is 3. The lowest BCUT2D eigenvalue weighted by Gasteiger charge is -2.15. The molecule has 0 atom stereocenters. The second kappa shape index (κ2) is 10.9. The Hall–Kier alpha value is -2.27. The molecule has 4 rings (SSSR count). The quantitative estimate of drug-likeness (QED) is 0.417. The fraction of sp³-hybridized carbons (Fsp3) is 0.269. The number of amides is 1. The molecule has 1 amide bonds. The Kier molecular flexibility index (Phi) is 7.68. The number of nitrogens with one attached hydrogen (secondary N) is 1. The number of hydrogen-bond acceptors (Lipinski definition) is 3. The molecule has 0 aliphatic carbocycles. The van der Waals surface area contributed by atoms with Crippen molar-refractivity contribution in [3.8, 4) is 0 Å². The van der Waals surface area contributed by atoms with Crippen LogP contribution >= 0.6 is 23.4 Å². The predicted octanol–water partition coefficient (Wildman–Crippen LogP) is 6.16. The van der Waals surface area contributed by atoms with E-state index in [0.29, 0.717) is 12.1 Å². The lowest BCUT2D eigenvalue weighted by molar-refractivity contribution is 0.0951. The van der Waals surface area contributed by atoms with E-state index >= 15 is 0 Å². The summed E-state index contributed by atoms with van der Waals surface area (Å²) in [5, 5.41) is 3.80. The van der Waals surface area contributed by atoms with Gasteiger partial charge >= 0.3 is 0 Å². The van der Waals surface area contributed by atoms with Crippen molar-refractivity contribution in [2.24, 2.45) is 0 Å². The van der Waals surface area contributed by atoms with Crippen LogP contribution in [0.4, 0.5) is 0 Å². The first-order valence-electron chi connectivity index (χ1n) is 10.7. The van der Waals surface area contributed by atoms with Gasteiger partial charge in [-0.1, -0.05) is 48.0 Å². The number of carbonyl (C=O) groups is 1. The zero-order valence-electron chi connectivity index (χ0n) is 17.5. The van der Waals surface area contributed by atoms with Crippen molar-refractivity contribution in [2.45, 2.75) is 36.6 Å². The molecule has 160 valence electrons. The van der Waals surface area contributed by atoms with Crippen molar-refractivity contribution < 1.29 is 4.79 Å². The summed E-state index contributed by atoms with van der Waals surface area (Å²) in [5.41, 5.74) is 4.33. The number of hydrogen-bond donors (Lipinski definition) is 1. The highest BCUT2D eigenvalue weighted by atomic mass is 35.5. The van der Waals surface area contributed by atoms with Crippen LogP contribution in [0, 0.1) is 0 Å². The predicted molar refractivity (Wildman–Crippen MR) is 130 cm³/mol. The zero-order valence-corrected chi connectivity index (χ0v) is 19.1. The van der Waals surface area contributed by atoms with E-state index in [0.717, 1.165) is 22.9 Å². The summed E-state index contributed by atoms with van der Waals surface area (Å²) in [6.45, 7) is 3.92. The van der Waals surface area contributed by atoms with Gasteiger partial charge in [0.2, 0.25) is 0 Å². The van der Waals surface area contributed by atoms with E-state index in [1.54, 1.807) is 11.8 Å². The van der Waals surface area contributed by atoms with Crippen molar-refractivity contribution in [3.63, 3.8) is 0 Å². The monoisotopic (exact) mass is 450 g/mol. The molecular formula is C26H27ClN2OS. The van der Waals surface area contributed by atoms with Gasteiger partial charge in [0.1, 0.15) is 0 Å². The average Bonchev–Trinajstić information content (AvgIpc) is 3.31. The van der Waals surface area contributed by atoms with Crippen LogP contribution in [-0.4, -0.2) is 23.9 Å². The molecule has 3 aromatic carbocycles. The number of nitrogens with zero attached hydrogens (tertiary/aromatic N) is 1. The van der Waals surface area contributed by atoms with Crippen molar-refractivity contribution >= 4 is 29.3 Å². The third kappa shape index (κ3) is 6.60. The molecule has 0 bridgehead atoms. The molecule has 3 aromatic rings. The summed E-state index contributed by atoms with van der Waals surface area (Å²) in [6.07, 6.45) is 2.60. The van der Waals surface area contributed by atoms with Gasteiger partial charge in [-0.3, -0.25) is 9.69 Å². The van der Waals surface area contributed by atoms with Gasteiger partial charge in [-0.15, -0.1) is 11.8 Å². The van der Waals surface area contributed by atoms with Gasteiger partial charge in [-0.2, -0.15) is 0 Å². The van der Waals surface area contributed by atoms with Gasteiger partial charge in [-0.05, 0) is 79.0 Å². The highest BCUT2D eigenvalue weighted by molar-refractivity contribution is 7.98. The normalized spacial score (nSPS) is 14.0. The molecule has 31 heavy (non-hydrogen) atoms. The van der Waals surface area contributed by atoms with Gasteiger partial charge in [0.15, 0.2) is 0 Å². The maximum Gasteiger partial charge on any atom is 0.251 e. The first kappa shape index (κ1) is 21.9. The van der Waals surface area contributed by atoms with E-state index in [1.165, 1.54) is 42.0 Å². The van der Waals surface area contributed by atoms with Crippen LogP contribution in [0.1, 0.15) is 39.9 Å². The maximum atomic E-state index is 12.6. The molecule has 1 heterocycles. The number of rotatable bonds is 8. The first-order valence-corrected chi connectivity index (χ1v) is 12.1. The molecular weight excluding hydrogens is 424 g/mol. The molecule has 0 aromatic heterocycles. The molecule has 1 N–H and O–H groups in total.